The molecule has 0 aromatic heterocycles. The van der Waals surface area contributed by atoms with Gasteiger partial charge in [0, 0.05) is 33.9 Å². The highest BCUT2D eigenvalue weighted by molar-refractivity contribution is 7.85. The molecule has 0 bridgehead atoms. The molecule has 1 heterocycles. The molecule has 0 unspecified atom stereocenters. The van der Waals surface area contributed by atoms with Gasteiger partial charge in [-0.25, -0.2) is 0 Å². The zero-order valence-corrected chi connectivity index (χ0v) is 12.4. The molecule has 0 spiro atoms. The van der Waals surface area contributed by atoms with Crippen LogP contribution in [0.25, 0.3) is 0 Å². The Morgan fingerprint density at radius 2 is 1.95 bits per heavy atom. The predicted octanol–water partition coefficient (Wildman–Crippen LogP) is 0.351. The van der Waals surface area contributed by atoms with Crippen molar-refractivity contribution >= 4 is 22.5 Å². The molecule has 7 heteroatoms. The molecule has 1 aromatic rings. The molecule has 0 atom stereocenters. The van der Waals surface area contributed by atoms with Crippen LogP contribution in [0, 0.1) is 0 Å². The van der Waals surface area contributed by atoms with Crippen molar-refractivity contribution in [2.24, 2.45) is 10.9 Å². The third-order valence-corrected chi connectivity index (χ3v) is 4.86. The number of carbonyl (C=O) groups is 1. The van der Waals surface area contributed by atoms with E-state index in [0.717, 1.165) is 18.4 Å². The predicted molar refractivity (Wildman–Crippen MR) is 81.7 cm³/mol. The summed E-state index contributed by atoms with van der Waals surface area (Å²) < 4.78 is 11.3. The van der Waals surface area contributed by atoms with Crippen molar-refractivity contribution < 1.29 is 14.2 Å². The van der Waals surface area contributed by atoms with Crippen molar-refractivity contribution in [3.8, 4) is 0 Å². The molecule has 1 amide bonds. The topological polar surface area (TPSA) is 105 Å². The van der Waals surface area contributed by atoms with Crippen LogP contribution in [0.3, 0.4) is 0 Å². The van der Waals surface area contributed by atoms with Gasteiger partial charge in [0.2, 0.25) is 5.91 Å². The van der Waals surface area contributed by atoms with Gasteiger partial charge in [-0.2, -0.15) is 0 Å². The third kappa shape index (κ3) is 4.56. The van der Waals surface area contributed by atoms with E-state index in [1.165, 1.54) is 0 Å². The van der Waals surface area contributed by atoms with Gasteiger partial charge in [-0.05, 0) is 18.4 Å². The van der Waals surface area contributed by atoms with E-state index in [0.29, 0.717) is 17.1 Å². The fourth-order valence-electron chi connectivity index (χ4n) is 2.25. The van der Waals surface area contributed by atoms with E-state index in [2.05, 4.69) is 10.5 Å². The molecule has 1 aliphatic heterocycles. The smallest absolute Gasteiger partial charge is 0.224 e. The van der Waals surface area contributed by atoms with E-state index in [1.807, 2.05) is 0 Å². The molecule has 1 fully saturated rings. The second-order valence-corrected chi connectivity index (χ2v) is 6.74. The van der Waals surface area contributed by atoms with Crippen LogP contribution in [0.15, 0.2) is 29.4 Å². The Kier molecular flexibility index (Phi) is 5.32. The lowest BCUT2D eigenvalue weighted by Gasteiger charge is -2.22. The van der Waals surface area contributed by atoms with Crippen LogP contribution in [0.2, 0.25) is 0 Å². The first-order valence-corrected chi connectivity index (χ1v) is 8.28. The summed E-state index contributed by atoms with van der Waals surface area (Å²) in [5, 5.41) is 14.5. The Labute approximate surface area is 125 Å². The number of hydrogen-bond donors (Lipinski definition) is 3. The number of oxime groups is 1. The van der Waals surface area contributed by atoms with Crippen LogP contribution in [-0.4, -0.2) is 38.7 Å². The van der Waals surface area contributed by atoms with Gasteiger partial charge >= 0.3 is 0 Å². The van der Waals surface area contributed by atoms with Crippen molar-refractivity contribution in [3.05, 3.63) is 35.4 Å². The quantitative estimate of drug-likeness (QED) is 0.323. The number of nitrogens with zero attached hydrogens (tertiary/aromatic N) is 1. The molecule has 114 valence electrons. The second-order valence-electron chi connectivity index (χ2n) is 5.05. The summed E-state index contributed by atoms with van der Waals surface area (Å²) in [6, 6.07) is 7.11. The molecule has 2 rings (SSSR count). The summed E-state index contributed by atoms with van der Waals surface area (Å²) in [5.41, 5.74) is 6.95. The summed E-state index contributed by atoms with van der Waals surface area (Å²) >= 11 is 0. The van der Waals surface area contributed by atoms with E-state index in [-0.39, 0.29) is 24.2 Å². The molecule has 21 heavy (non-hydrogen) atoms. The van der Waals surface area contributed by atoms with Gasteiger partial charge < -0.3 is 16.3 Å². The molecule has 1 saturated heterocycles. The number of rotatable bonds is 4. The zero-order valence-electron chi connectivity index (χ0n) is 11.6. The Hall–Kier alpha value is -1.89. The van der Waals surface area contributed by atoms with Gasteiger partial charge in [0.05, 0.1) is 6.42 Å². The molecular formula is C14H19N3O3S. The maximum absolute atomic E-state index is 12.0. The largest absolute Gasteiger partial charge is 0.409 e. The van der Waals surface area contributed by atoms with Gasteiger partial charge in [-0.15, -0.1) is 0 Å². The average molecular weight is 309 g/mol. The van der Waals surface area contributed by atoms with Crippen LogP contribution in [0.4, 0.5) is 0 Å². The van der Waals surface area contributed by atoms with E-state index >= 15 is 0 Å². The highest BCUT2D eigenvalue weighted by Gasteiger charge is 2.19. The monoisotopic (exact) mass is 309 g/mol. The minimum Gasteiger partial charge on any atom is -0.409 e. The highest BCUT2D eigenvalue weighted by Crippen LogP contribution is 2.10. The first-order valence-electron chi connectivity index (χ1n) is 6.79. The van der Waals surface area contributed by atoms with Crippen LogP contribution >= 0.6 is 0 Å². The maximum Gasteiger partial charge on any atom is 0.224 e. The van der Waals surface area contributed by atoms with Crippen molar-refractivity contribution in [1.29, 1.82) is 0 Å². The summed E-state index contributed by atoms with van der Waals surface area (Å²) in [4.78, 5) is 12.0. The van der Waals surface area contributed by atoms with Gasteiger partial charge in [-0.1, -0.05) is 29.4 Å². The zero-order chi connectivity index (χ0) is 15.2. The number of nitrogens with two attached hydrogens (primary N) is 1. The van der Waals surface area contributed by atoms with Crippen LogP contribution in [0.1, 0.15) is 24.0 Å². The molecule has 0 saturated carbocycles. The number of benzene rings is 1. The minimum absolute atomic E-state index is 0.0378. The lowest BCUT2D eigenvalue weighted by atomic mass is 10.1. The normalized spacial score (nSPS) is 22.8. The second kappa shape index (κ2) is 7.21. The molecule has 4 N–H and O–H groups in total. The first-order chi connectivity index (χ1) is 10.1. The number of carbonyl (C=O) groups excluding carboxylic acids is 1. The minimum atomic E-state index is -0.717. The molecular weight excluding hydrogens is 290 g/mol. The summed E-state index contributed by atoms with van der Waals surface area (Å²) in [5.74, 6) is 1.34. The summed E-state index contributed by atoms with van der Waals surface area (Å²) in [6.45, 7) is 0. The van der Waals surface area contributed by atoms with Gasteiger partial charge in [-0.3, -0.25) is 9.00 Å². The molecule has 1 aromatic carbocycles. The Balaban J connectivity index is 1.86. The standard InChI is InChI=1S/C14H19N3O3S/c15-14(17-19)11-3-1-10(2-4-11)9-13(18)16-12-5-7-21(20)8-6-12/h1-4,12,19H,5-9H2,(H2,15,17)(H,16,18). The van der Waals surface area contributed by atoms with Crippen molar-refractivity contribution in [3.63, 3.8) is 0 Å². The fraction of sp³-hybridized carbons (Fsp3) is 0.429. The van der Waals surface area contributed by atoms with E-state index in [9.17, 15) is 9.00 Å². The Morgan fingerprint density at radius 3 is 2.52 bits per heavy atom. The van der Waals surface area contributed by atoms with Gasteiger partial charge in [0.15, 0.2) is 5.84 Å². The van der Waals surface area contributed by atoms with Crippen molar-refractivity contribution in [2.45, 2.75) is 25.3 Å². The van der Waals surface area contributed by atoms with Crippen LogP contribution in [0.5, 0.6) is 0 Å². The molecule has 1 aliphatic rings. The molecule has 6 nitrogen and oxygen atoms in total. The lowest BCUT2D eigenvalue weighted by molar-refractivity contribution is -0.121. The van der Waals surface area contributed by atoms with E-state index in [1.54, 1.807) is 24.3 Å². The lowest BCUT2D eigenvalue weighted by Crippen LogP contribution is -2.40. The number of amides is 1. The van der Waals surface area contributed by atoms with Crippen LogP contribution < -0.4 is 11.1 Å². The van der Waals surface area contributed by atoms with Crippen molar-refractivity contribution in [1.82, 2.24) is 5.32 Å². The Bertz CT molecular complexity index is 547. The average Bonchev–Trinajstić information content (AvgIpc) is 2.49. The highest BCUT2D eigenvalue weighted by atomic mass is 32.2. The van der Waals surface area contributed by atoms with E-state index < -0.39 is 10.8 Å². The summed E-state index contributed by atoms with van der Waals surface area (Å²) in [6.07, 6.45) is 1.84. The van der Waals surface area contributed by atoms with Crippen molar-refractivity contribution in [2.75, 3.05) is 11.5 Å². The third-order valence-electron chi connectivity index (χ3n) is 3.48. The first kappa shape index (κ1) is 15.5. The fourth-order valence-corrected chi connectivity index (χ4v) is 3.55. The number of hydrogen-bond acceptors (Lipinski definition) is 4. The Morgan fingerprint density at radius 1 is 1.33 bits per heavy atom. The van der Waals surface area contributed by atoms with Gasteiger partial charge in [0.25, 0.3) is 0 Å². The van der Waals surface area contributed by atoms with Gasteiger partial charge in [0.1, 0.15) is 0 Å². The van der Waals surface area contributed by atoms with Crippen LogP contribution in [-0.2, 0) is 22.0 Å². The number of nitrogens with one attached hydrogen (secondary N) is 1. The maximum atomic E-state index is 12.0. The SMILES string of the molecule is N/C(=N/O)c1ccc(CC(=O)NC2CCS(=O)CC2)cc1. The molecule has 0 aliphatic carbocycles. The van der Waals surface area contributed by atoms with E-state index in [4.69, 9.17) is 10.9 Å². The summed E-state index contributed by atoms with van der Waals surface area (Å²) in [7, 11) is -0.717. The molecule has 0 radical (unpaired) electrons. The number of amidine groups is 1.